The van der Waals surface area contributed by atoms with Crippen LogP contribution < -0.4 is 10.2 Å². The maximum Gasteiger partial charge on any atom is 0.332 e. The molecule has 26 heavy (non-hydrogen) atoms. The summed E-state index contributed by atoms with van der Waals surface area (Å²) in [5.74, 6) is 0. The number of hydrogen-bond donors (Lipinski definition) is 1. The molecule has 8 heteroatoms. The Morgan fingerprint density at radius 1 is 1.04 bits per heavy atom. The summed E-state index contributed by atoms with van der Waals surface area (Å²) < 4.78 is 10.7. The molecule has 0 unspecified atom stereocenters. The highest BCUT2D eigenvalue weighted by Gasteiger charge is 2.27. The van der Waals surface area contributed by atoms with Crippen molar-refractivity contribution in [1.29, 1.82) is 0 Å². The van der Waals surface area contributed by atoms with E-state index in [1.807, 2.05) is 13.8 Å². The van der Waals surface area contributed by atoms with Gasteiger partial charge in [0.05, 0.1) is 25.4 Å². The summed E-state index contributed by atoms with van der Waals surface area (Å²) in [5.41, 5.74) is 0.415. The molecule has 1 N–H and O–H groups in total. The van der Waals surface area contributed by atoms with Gasteiger partial charge in [0.1, 0.15) is 6.29 Å². The van der Waals surface area contributed by atoms with Crippen molar-refractivity contribution in [3.8, 4) is 0 Å². The summed E-state index contributed by atoms with van der Waals surface area (Å²) in [6, 6.07) is 7.40. The molecule has 0 spiro atoms. The van der Waals surface area contributed by atoms with Crippen LogP contribution >= 0.6 is 0 Å². The normalized spacial score (nSPS) is 10.2. The molecular weight excluding hydrogens is 338 g/mol. The Hall–Kier alpha value is -2.45. The number of carbonyl (C=O) groups excluding carboxylic acids is 3. The van der Waals surface area contributed by atoms with Crippen molar-refractivity contribution in [3.05, 3.63) is 30.3 Å². The van der Waals surface area contributed by atoms with Gasteiger partial charge in [0.15, 0.2) is 0 Å². The Kier molecular flexibility index (Phi) is 10.7. The molecule has 0 aliphatic carbocycles. The fraction of sp³-hybridized carbons (Fsp3) is 0.500. The molecule has 0 saturated heterocycles. The van der Waals surface area contributed by atoms with Gasteiger partial charge in [0.2, 0.25) is 0 Å². The number of aldehydes is 1. The largest absolute Gasteiger partial charge is 0.380 e. The zero-order valence-electron chi connectivity index (χ0n) is 15.3. The van der Waals surface area contributed by atoms with E-state index in [2.05, 4.69) is 5.32 Å². The summed E-state index contributed by atoms with van der Waals surface area (Å²) in [6.45, 7) is 6.00. The van der Waals surface area contributed by atoms with E-state index >= 15 is 0 Å². The summed E-state index contributed by atoms with van der Waals surface area (Å²) in [4.78, 5) is 38.6. The van der Waals surface area contributed by atoms with Crippen molar-refractivity contribution in [2.24, 2.45) is 0 Å². The molecule has 1 rings (SSSR count). The van der Waals surface area contributed by atoms with Gasteiger partial charge in [-0.3, -0.25) is 0 Å². The van der Waals surface area contributed by atoms with Crippen molar-refractivity contribution in [2.45, 2.75) is 13.8 Å². The second-order valence-electron chi connectivity index (χ2n) is 5.19. The maximum absolute atomic E-state index is 13.0. The lowest BCUT2D eigenvalue weighted by molar-refractivity contribution is -0.107. The van der Waals surface area contributed by atoms with Crippen molar-refractivity contribution < 1.29 is 23.9 Å². The van der Waals surface area contributed by atoms with Gasteiger partial charge in [0, 0.05) is 26.3 Å². The van der Waals surface area contributed by atoms with Crippen LogP contribution in [0.3, 0.4) is 0 Å². The second kappa shape index (κ2) is 12.8. The van der Waals surface area contributed by atoms with Crippen LogP contribution in [-0.2, 0) is 14.3 Å². The number of ether oxygens (including phenoxy) is 2. The molecule has 0 aliphatic heterocycles. The first-order valence-corrected chi connectivity index (χ1v) is 8.66. The molecule has 144 valence electrons. The summed E-state index contributed by atoms with van der Waals surface area (Å²) >= 11 is 0. The Labute approximate surface area is 154 Å². The third kappa shape index (κ3) is 7.20. The third-order valence-electron chi connectivity index (χ3n) is 3.44. The number of urea groups is 2. The van der Waals surface area contributed by atoms with Gasteiger partial charge in [-0.25, -0.2) is 14.5 Å². The topological polar surface area (TPSA) is 88.2 Å². The van der Waals surface area contributed by atoms with E-state index in [0.29, 0.717) is 51.5 Å². The average molecular weight is 365 g/mol. The van der Waals surface area contributed by atoms with E-state index < -0.39 is 12.1 Å². The first-order chi connectivity index (χ1) is 12.7. The monoisotopic (exact) mass is 365 g/mol. The lowest BCUT2D eigenvalue weighted by Gasteiger charge is -2.29. The van der Waals surface area contributed by atoms with Gasteiger partial charge >= 0.3 is 12.1 Å². The van der Waals surface area contributed by atoms with Gasteiger partial charge in [0.25, 0.3) is 0 Å². The van der Waals surface area contributed by atoms with Crippen molar-refractivity contribution in [2.75, 3.05) is 51.0 Å². The fourth-order valence-electron chi connectivity index (χ4n) is 2.18. The summed E-state index contributed by atoms with van der Waals surface area (Å²) in [7, 11) is 0. The van der Waals surface area contributed by atoms with Crippen LogP contribution in [0, 0.1) is 0 Å². The van der Waals surface area contributed by atoms with Gasteiger partial charge in [-0.05, 0) is 26.0 Å². The van der Waals surface area contributed by atoms with Crippen LogP contribution in [0.4, 0.5) is 15.3 Å². The van der Waals surface area contributed by atoms with E-state index in [-0.39, 0.29) is 6.54 Å². The number of nitrogens with zero attached hydrogens (tertiary/aromatic N) is 2. The maximum atomic E-state index is 13.0. The Morgan fingerprint density at radius 3 is 2.12 bits per heavy atom. The zero-order valence-corrected chi connectivity index (χ0v) is 15.3. The summed E-state index contributed by atoms with van der Waals surface area (Å²) in [6.07, 6.45) is 0.563. The van der Waals surface area contributed by atoms with Gasteiger partial charge < -0.3 is 24.5 Å². The predicted molar refractivity (Wildman–Crippen MR) is 98.3 cm³/mol. The number of anilines is 1. The molecule has 0 fully saturated rings. The average Bonchev–Trinajstić information content (AvgIpc) is 2.66. The van der Waals surface area contributed by atoms with E-state index in [4.69, 9.17) is 9.47 Å². The molecule has 0 saturated carbocycles. The minimum Gasteiger partial charge on any atom is -0.380 e. The molecule has 1 aromatic rings. The van der Waals surface area contributed by atoms with Gasteiger partial charge in [-0.1, -0.05) is 18.2 Å². The number of para-hydroxylation sites is 1. The molecule has 0 bridgehead atoms. The highest BCUT2D eigenvalue weighted by atomic mass is 16.5. The van der Waals surface area contributed by atoms with Gasteiger partial charge in [-0.15, -0.1) is 0 Å². The highest BCUT2D eigenvalue weighted by Crippen LogP contribution is 2.16. The van der Waals surface area contributed by atoms with E-state index in [9.17, 15) is 14.4 Å². The van der Waals surface area contributed by atoms with Crippen LogP contribution in [0.25, 0.3) is 0 Å². The Balaban J connectivity index is 2.98. The predicted octanol–water partition coefficient (Wildman–Crippen LogP) is 1.90. The quantitative estimate of drug-likeness (QED) is 0.478. The van der Waals surface area contributed by atoms with Crippen LogP contribution in [0.2, 0.25) is 0 Å². The Morgan fingerprint density at radius 2 is 1.62 bits per heavy atom. The van der Waals surface area contributed by atoms with Crippen LogP contribution in [-0.4, -0.2) is 69.3 Å². The molecular formula is C18H27N3O5. The van der Waals surface area contributed by atoms with Crippen molar-refractivity contribution in [3.63, 3.8) is 0 Å². The minimum absolute atomic E-state index is 0.173. The first kappa shape index (κ1) is 21.6. The number of nitrogens with one attached hydrogen (secondary N) is 1. The van der Waals surface area contributed by atoms with E-state index in [0.717, 1.165) is 4.90 Å². The lowest BCUT2D eigenvalue weighted by atomic mass is 10.3. The highest BCUT2D eigenvalue weighted by molar-refractivity contribution is 6.13. The molecule has 0 radical (unpaired) electrons. The number of imide groups is 1. The fourth-order valence-corrected chi connectivity index (χ4v) is 2.18. The number of hydrogen-bond acceptors (Lipinski definition) is 5. The lowest BCUT2D eigenvalue weighted by Crippen LogP contribution is -2.52. The second-order valence-corrected chi connectivity index (χ2v) is 5.19. The molecule has 1 aromatic carbocycles. The van der Waals surface area contributed by atoms with Crippen LogP contribution in [0.5, 0.6) is 0 Å². The van der Waals surface area contributed by atoms with E-state index in [1.165, 1.54) is 4.90 Å². The summed E-state index contributed by atoms with van der Waals surface area (Å²) in [5, 5.41) is 2.41. The standard InChI is InChI=1S/C18H27N3O5/c1-3-25-14-11-20(12-15-26-4-2)18(24)21(17(23)19-10-13-22)16-8-6-5-7-9-16/h5-9,13H,3-4,10-12,14-15H2,1-2H3,(H,19,23). The van der Waals surface area contributed by atoms with Crippen molar-refractivity contribution in [1.82, 2.24) is 10.2 Å². The molecule has 0 heterocycles. The van der Waals surface area contributed by atoms with Crippen molar-refractivity contribution >= 4 is 24.0 Å². The number of rotatable bonds is 11. The first-order valence-electron chi connectivity index (χ1n) is 8.66. The molecule has 8 nitrogen and oxygen atoms in total. The number of amides is 4. The number of benzene rings is 1. The van der Waals surface area contributed by atoms with Crippen LogP contribution in [0.15, 0.2) is 30.3 Å². The molecule has 0 atom stereocenters. The van der Waals surface area contributed by atoms with Gasteiger partial charge in [-0.2, -0.15) is 0 Å². The smallest absolute Gasteiger partial charge is 0.332 e. The third-order valence-corrected chi connectivity index (χ3v) is 3.44. The van der Waals surface area contributed by atoms with E-state index in [1.54, 1.807) is 30.3 Å². The SMILES string of the molecule is CCOCCN(CCOCC)C(=O)N(C(=O)NCC=O)c1ccccc1. The minimum atomic E-state index is -0.661. The zero-order chi connectivity index (χ0) is 19.2. The number of carbonyl (C=O) groups is 3. The van der Waals surface area contributed by atoms with Crippen LogP contribution in [0.1, 0.15) is 13.8 Å². The molecule has 0 aromatic heterocycles. The molecule has 4 amide bonds. The molecule has 0 aliphatic rings. The Bertz CT molecular complexity index is 543.